The van der Waals surface area contributed by atoms with Crippen LogP contribution in [0.25, 0.3) is 0 Å². The Morgan fingerprint density at radius 3 is 2.63 bits per heavy atom. The molecule has 1 unspecified atom stereocenters. The summed E-state index contributed by atoms with van der Waals surface area (Å²) < 4.78 is 5.05. The molecule has 5 nitrogen and oxygen atoms in total. The van der Waals surface area contributed by atoms with Crippen LogP contribution >= 0.6 is 0 Å². The summed E-state index contributed by atoms with van der Waals surface area (Å²) in [5.74, 6) is -0.808. The van der Waals surface area contributed by atoms with Crippen LogP contribution in [0.4, 0.5) is 0 Å². The minimum atomic E-state index is -1.19. The van der Waals surface area contributed by atoms with Gasteiger partial charge in [-0.3, -0.25) is 4.79 Å². The van der Waals surface area contributed by atoms with E-state index in [1.807, 2.05) is 0 Å². The zero-order valence-corrected chi connectivity index (χ0v) is 11.0. The quantitative estimate of drug-likeness (QED) is 0.847. The summed E-state index contributed by atoms with van der Waals surface area (Å²) in [5, 5.41) is 11.9. The molecule has 0 spiro atoms. The van der Waals surface area contributed by atoms with Gasteiger partial charge in [-0.1, -0.05) is 6.07 Å². The molecule has 1 aromatic rings. The number of carbonyl (C=O) groups excluding carboxylic acids is 1. The smallest absolute Gasteiger partial charge is 0.329 e. The van der Waals surface area contributed by atoms with E-state index in [-0.39, 0.29) is 5.92 Å². The number of hydrogen-bond donors (Lipinski definition) is 2. The average molecular weight is 263 g/mol. The third kappa shape index (κ3) is 2.70. The Morgan fingerprint density at radius 1 is 1.42 bits per heavy atom. The molecule has 0 saturated heterocycles. The van der Waals surface area contributed by atoms with Crippen molar-refractivity contribution in [1.82, 2.24) is 5.32 Å². The van der Waals surface area contributed by atoms with Crippen molar-refractivity contribution in [3.63, 3.8) is 0 Å². The Hall–Kier alpha value is -2.04. The number of rotatable bonds is 5. The Kier molecular flexibility index (Phi) is 3.46. The fourth-order valence-corrected chi connectivity index (χ4v) is 2.06. The predicted octanol–water partition coefficient (Wildman–Crippen LogP) is 1.68. The van der Waals surface area contributed by atoms with Gasteiger partial charge in [0.1, 0.15) is 11.3 Å². The highest BCUT2D eigenvalue weighted by atomic mass is 16.5. The van der Waals surface area contributed by atoms with Gasteiger partial charge < -0.3 is 15.2 Å². The number of ether oxygens (including phenoxy) is 1. The van der Waals surface area contributed by atoms with Crippen molar-refractivity contribution in [1.29, 1.82) is 0 Å². The second-order valence-corrected chi connectivity index (χ2v) is 4.97. The van der Waals surface area contributed by atoms with E-state index in [1.165, 1.54) is 7.11 Å². The van der Waals surface area contributed by atoms with Gasteiger partial charge in [-0.05, 0) is 43.9 Å². The van der Waals surface area contributed by atoms with Gasteiger partial charge in [-0.15, -0.1) is 0 Å². The van der Waals surface area contributed by atoms with Gasteiger partial charge in [0, 0.05) is 5.56 Å². The van der Waals surface area contributed by atoms with E-state index < -0.39 is 17.4 Å². The summed E-state index contributed by atoms with van der Waals surface area (Å²) in [4.78, 5) is 23.5. The van der Waals surface area contributed by atoms with E-state index in [2.05, 4.69) is 5.32 Å². The number of carbonyl (C=O) groups is 2. The van der Waals surface area contributed by atoms with Crippen LogP contribution in [0.3, 0.4) is 0 Å². The molecule has 0 radical (unpaired) electrons. The Labute approximate surface area is 111 Å². The molecule has 2 rings (SSSR count). The minimum absolute atomic E-state index is 0.0135. The zero-order chi connectivity index (χ0) is 14.0. The highest BCUT2D eigenvalue weighted by Gasteiger charge is 2.48. The van der Waals surface area contributed by atoms with Crippen LogP contribution in [0, 0.1) is 5.92 Å². The molecule has 5 heteroatoms. The molecule has 1 aromatic carbocycles. The molecule has 1 amide bonds. The van der Waals surface area contributed by atoms with Gasteiger partial charge in [-0.25, -0.2) is 4.79 Å². The van der Waals surface area contributed by atoms with Gasteiger partial charge in [0.25, 0.3) is 5.91 Å². The standard InChI is InChI=1S/C14H17NO4/c1-14(13(17)18,10-6-7-10)15-12(16)9-4-3-5-11(8-9)19-2/h3-5,8,10H,6-7H2,1-2H3,(H,15,16)(H,17,18). The molecular weight excluding hydrogens is 246 g/mol. The number of hydrogen-bond acceptors (Lipinski definition) is 3. The molecule has 2 N–H and O–H groups in total. The van der Waals surface area contributed by atoms with E-state index in [4.69, 9.17) is 4.74 Å². The van der Waals surface area contributed by atoms with Crippen LogP contribution in [0.1, 0.15) is 30.1 Å². The highest BCUT2D eigenvalue weighted by molar-refractivity contribution is 5.98. The molecule has 1 fully saturated rings. The Morgan fingerprint density at radius 2 is 2.11 bits per heavy atom. The lowest BCUT2D eigenvalue weighted by molar-refractivity contribution is -0.144. The first-order valence-corrected chi connectivity index (χ1v) is 6.17. The van der Waals surface area contributed by atoms with Crippen LogP contribution in [0.15, 0.2) is 24.3 Å². The molecule has 1 atom stereocenters. The van der Waals surface area contributed by atoms with Gasteiger partial charge in [0.15, 0.2) is 0 Å². The number of benzene rings is 1. The highest BCUT2D eigenvalue weighted by Crippen LogP contribution is 2.39. The molecule has 0 heterocycles. The summed E-state index contributed by atoms with van der Waals surface area (Å²) in [7, 11) is 1.52. The van der Waals surface area contributed by atoms with Gasteiger partial charge in [-0.2, -0.15) is 0 Å². The van der Waals surface area contributed by atoms with Crippen LogP contribution in [0.2, 0.25) is 0 Å². The normalized spacial score (nSPS) is 17.4. The Balaban J connectivity index is 2.17. The summed E-state index contributed by atoms with van der Waals surface area (Å²) in [5.41, 5.74) is -0.798. The molecule has 19 heavy (non-hydrogen) atoms. The fraction of sp³-hybridized carbons (Fsp3) is 0.429. The van der Waals surface area contributed by atoms with Crippen molar-refractivity contribution in [3.8, 4) is 5.75 Å². The predicted molar refractivity (Wildman–Crippen MR) is 69.2 cm³/mol. The average Bonchev–Trinajstić information content (AvgIpc) is 3.23. The molecule has 1 aliphatic rings. The fourth-order valence-electron chi connectivity index (χ4n) is 2.06. The van der Waals surface area contributed by atoms with Crippen LogP contribution in [-0.4, -0.2) is 29.6 Å². The molecule has 1 saturated carbocycles. The largest absolute Gasteiger partial charge is 0.497 e. The van der Waals surface area contributed by atoms with Crippen LogP contribution in [-0.2, 0) is 4.79 Å². The summed E-state index contributed by atoms with van der Waals surface area (Å²) in [6.07, 6.45) is 1.67. The molecular formula is C14H17NO4. The third-order valence-electron chi connectivity index (χ3n) is 3.54. The molecule has 0 bridgehead atoms. The molecule has 102 valence electrons. The number of aliphatic carboxylic acids is 1. The van der Waals surface area contributed by atoms with E-state index in [9.17, 15) is 14.7 Å². The van der Waals surface area contributed by atoms with E-state index in [1.54, 1.807) is 31.2 Å². The van der Waals surface area contributed by atoms with E-state index >= 15 is 0 Å². The SMILES string of the molecule is COc1cccc(C(=O)NC(C)(C(=O)O)C2CC2)c1. The van der Waals surface area contributed by atoms with Crippen LogP contribution < -0.4 is 10.1 Å². The van der Waals surface area contributed by atoms with Crippen molar-refractivity contribution < 1.29 is 19.4 Å². The second kappa shape index (κ2) is 4.91. The van der Waals surface area contributed by atoms with E-state index in [0.29, 0.717) is 11.3 Å². The maximum atomic E-state index is 12.1. The zero-order valence-electron chi connectivity index (χ0n) is 11.0. The first kappa shape index (κ1) is 13.4. The number of carboxylic acid groups (broad SMARTS) is 1. The van der Waals surface area contributed by atoms with Gasteiger partial charge in [0.2, 0.25) is 0 Å². The monoisotopic (exact) mass is 263 g/mol. The topological polar surface area (TPSA) is 75.6 Å². The first-order chi connectivity index (χ1) is 8.97. The van der Waals surface area contributed by atoms with Crippen molar-refractivity contribution in [3.05, 3.63) is 29.8 Å². The maximum Gasteiger partial charge on any atom is 0.329 e. The number of methoxy groups -OCH3 is 1. The molecule has 1 aliphatic carbocycles. The van der Waals surface area contributed by atoms with Crippen molar-refractivity contribution in [2.75, 3.05) is 7.11 Å². The van der Waals surface area contributed by atoms with Crippen molar-refractivity contribution in [2.24, 2.45) is 5.92 Å². The minimum Gasteiger partial charge on any atom is -0.497 e. The molecule has 0 aliphatic heterocycles. The number of nitrogens with one attached hydrogen (secondary N) is 1. The number of amides is 1. The van der Waals surface area contributed by atoms with Crippen LogP contribution in [0.5, 0.6) is 5.75 Å². The molecule has 0 aromatic heterocycles. The summed E-state index contributed by atoms with van der Waals surface area (Å²) >= 11 is 0. The third-order valence-corrected chi connectivity index (χ3v) is 3.54. The summed E-state index contributed by atoms with van der Waals surface area (Å²) in [6.45, 7) is 1.56. The summed E-state index contributed by atoms with van der Waals surface area (Å²) in [6, 6.07) is 6.65. The van der Waals surface area contributed by atoms with Crippen molar-refractivity contribution >= 4 is 11.9 Å². The number of carboxylic acids is 1. The lowest BCUT2D eigenvalue weighted by atomic mass is 9.95. The van der Waals surface area contributed by atoms with E-state index in [0.717, 1.165) is 12.8 Å². The lowest BCUT2D eigenvalue weighted by Crippen LogP contribution is -2.54. The van der Waals surface area contributed by atoms with Gasteiger partial charge >= 0.3 is 5.97 Å². The first-order valence-electron chi connectivity index (χ1n) is 6.17. The van der Waals surface area contributed by atoms with Gasteiger partial charge in [0.05, 0.1) is 7.11 Å². The lowest BCUT2D eigenvalue weighted by Gasteiger charge is -2.26. The second-order valence-electron chi connectivity index (χ2n) is 4.97. The van der Waals surface area contributed by atoms with Crippen molar-refractivity contribution in [2.45, 2.75) is 25.3 Å². The Bertz CT molecular complexity index is 510. The maximum absolute atomic E-state index is 12.1.